The summed E-state index contributed by atoms with van der Waals surface area (Å²) in [6.45, 7) is 4.13. The Morgan fingerprint density at radius 1 is 1.35 bits per heavy atom. The number of aromatic nitrogens is 2. The Balaban J connectivity index is 2.24. The van der Waals surface area contributed by atoms with Crippen LogP contribution in [0.5, 0.6) is 0 Å². The van der Waals surface area contributed by atoms with Gasteiger partial charge in [0.1, 0.15) is 5.69 Å². The molecule has 0 amide bonds. The Labute approximate surface area is 105 Å². The van der Waals surface area contributed by atoms with E-state index in [1.807, 2.05) is 35.8 Å². The third kappa shape index (κ3) is 2.56. The highest BCUT2D eigenvalue weighted by atomic mass is 35.5. The number of nitrogens with zero attached hydrogens (tertiary/aromatic N) is 2. The topological polar surface area (TPSA) is 34.9 Å². The largest absolute Gasteiger partial charge is 0.330 e. The predicted molar refractivity (Wildman–Crippen MR) is 67.5 cm³/mol. The van der Waals surface area contributed by atoms with E-state index in [0.717, 1.165) is 16.3 Å². The van der Waals surface area contributed by atoms with E-state index < -0.39 is 0 Å². The average Bonchev–Trinajstić information content (AvgIpc) is 2.64. The molecule has 0 aliphatic heterocycles. The number of ketones is 1. The van der Waals surface area contributed by atoms with Crippen LogP contribution in [0.1, 0.15) is 28.7 Å². The number of rotatable bonds is 3. The van der Waals surface area contributed by atoms with Crippen molar-refractivity contribution in [2.24, 2.45) is 0 Å². The number of imidazole rings is 1. The summed E-state index contributed by atoms with van der Waals surface area (Å²) in [5.74, 6) is -0.00245. The van der Waals surface area contributed by atoms with Gasteiger partial charge in [-0.25, -0.2) is 4.98 Å². The molecule has 1 aromatic heterocycles. The maximum absolute atomic E-state index is 11.3. The molecule has 0 fully saturated rings. The zero-order valence-corrected chi connectivity index (χ0v) is 10.5. The number of hydrogen-bond donors (Lipinski definition) is 0. The molecule has 88 valence electrons. The molecule has 0 N–H and O–H groups in total. The molecule has 0 aliphatic rings. The third-order valence-electron chi connectivity index (χ3n) is 2.70. The second-order valence-electron chi connectivity index (χ2n) is 3.99. The van der Waals surface area contributed by atoms with Gasteiger partial charge in [0.15, 0.2) is 5.78 Å². The first-order valence-corrected chi connectivity index (χ1v) is 5.73. The van der Waals surface area contributed by atoms with Crippen molar-refractivity contribution in [3.63, 3.8) is 0 Å². The Kier molecular flexibility index (Phi) is 3.29. The number of benzene rings is 1. The van der Waals surface area contributed by atoms with Gasteiger partial charge in [0.25, 0.3) is 0 Å². The second kappa shape index (κ2) is 4.72. The summed E-state index contributed by atoms with van der Waals surface area (Å²) in [4.78, 5) is 15.4. The molecule has 3 nitrogen and oxygen atoms in total. The van der Waals surface area contributed by atoms with Gasteiger partial charge in [0.05, 0.1) is 6.33 Å². The van der Waals surface area contributed by atoms with Crippen molar-refractivity contribution in [2.75, 3.05) is 0 Å². The summed E-state index contributed by atoms with van der Waals surface area (Å²) < 4.78 is 1.96. The zero-order valence-electron chi connectivity index (χ0n) is 9.77. The molecule has 1 aromatic carbocycles. The average molecular weight is 249 g/mol. The minimum atomic E-state index is -0.00245. The van der Waals surface area contributed by atoms with E-state index in [-0.39, 0.29) is 5.78 Å². The quantitative estimate of drug-likeness (QED) is 0.783. The maximum atomic E-state index is 11.3. The molecule has 0 unspecified atom stereocenters. The lowest BCUT2D eigenvalue weighted by Gasteiger charge is -2.05. The van der Waals surface area contributed by atoms with Crippen LogP contribution in [0, 0.1) is 6.92 Å². The predicted octanol–water partition coefficient (Wildman–Crippen LogP) is 3.10. The summed E-state index contributed by atoms with van der Waals surface area (Å²) in [5.41, 5.74) is 2.57. The monoisotopic (exact) mass is 248 g/mol. The first kappa shape index (κ1) is 11.9. The van der Waals surface area contributed by atoms with Crippen LogP contribution in [0.2, 0.25) is 5.02 Å². The normalized spacial score (nSPS) is 10.5. The summed E-state index contributed by atoms with van der Waals surface area (Å²) in [7, 11) is 0. The van der Waals surface area contributed by atoms with Crippen LogP contribution >= 0.6 is 11.6 Å². The highest BCUT2D eigenvalue weighted by molar-refractivity contribution is 6.30. The van der Waals surface area contributed by atoms with Crippen molar-refractivity contribution in [1.29, 1.82) is 0 Å². The van der Waals surface area contributed by atoms with Gasteiger partial charge in [-0.3, -0.25) is 4.79 Å². The molecule has 2 rings (SSSR count). The Bertz CT molecular complexity index is 543. The molecule has 0 aliphatic carbocycles. The minimum absolute atomic E-state index is 0.00245. The zero-order chi connectivity index (χ0) is 12.4. The minimum Gasteiger partial charge on any atom is -0.330 e. The fraction of sp³-hybridized carbons (Fsp3) is 0.231. The van der Waals surface area contributed by atoms with Crippen molar-refractivity contribution in [1.82, 2.24) is 9.55 Å². The summed E-state index contributed by atoms with van der Waals surface area (Å²) >= 11 is 5.83. The van der Waals surface area contributed by atoms with E-state index in [0.29, 0.717) is 12.2 Å². The summed E-state index contributed by atoms with van der Waals surface area (Å²) in [5, 5.41) is 0.723. The number of carbonyl (C=O) groups excluding carboxylic acids is 1. The number of halogens is 1. The molecule has 0 atom stereocenters. The highest BCUT2D eigenvalue weighted by Gasteiger charge is 2.10. The van der Waals surface area contributed by atoms with Gasteiger partial charge in [-0.1, -0.05) is 23.7 Å². The van der Waals surface area contributed by atoms with Crippen LogP contribution in [-0.2, 0) is 6.54 Å². The van der Waals surface area contributed by atoms with Gasteiger partial charge in [0.2, 0.25) is 0 Å². The van der Waals surface area contributed by atoms with Crippen LogP contribution in [-0.4, -0.2) is 15.3 Å². The van der Waals surface area contributed by atoms with Crippen molar-refractivity contribution in [3.05, 3.63) is 52.6 Å². The van der Waals surface area contributed by atoms with Crippen molar-refractivity contribution in [2.45, 2.75) is 20.4 Å². The van der Waals surface area contributed by atoms with Gasteiger partial charge in [-0.05, 0) is 24.6 Å². The molecular formula is C13H13ClN2O. The second-order valence-corrected chi connectivity index (χ2v) is 4.43. The van der Waals surface area contributed by atoms with E-state index in [9.17, 15) is 4.79 Å². The van der Waals surface area contributed by atoms with Crippen LogP contribution in [0.4, 0.5) is 0 Å². The van der Waals surface area contributed by atoms with Gasteiger partial charge >= 0.3 is 0 Å². The standard InChI is InChI=1S/C13H13ClN2O/c1-9-13(10(2)17)15-8-16(9)7-11-3-5-12(14)6-4-11/h3-6,8H,7H2,1-2H3. The van der Waals surface area contributed by atoms with E-state index in [1.54, 1.807) is 6.33 Å². The van der Waals surface area contributed by atoms with Crippen molar-refractivity contribution >= 4 is 17.4 Å². The Morgan fingerprint density at radius 2 is 2.00 bits per heavy atom. The number of carbonyl (C=O) groups is 1. The van der Waals surface area contributed by atoms with Gasteiger partial charge in [-0.15, -0.1) is 0 Å². The Hall–Kier alpha value is -1.61. The van der Waals surface area contributed by atoms with E-state index in [1.165, 1.54) is 6.92 Å². The van der Waals surface area contributed by atoms with Crippen LogP contribution < -0.4 is 0 Å². The molecule has 0 bridgehead atoms. The SMILES string of the molecule is CC(=O)c1ncn(Cc2ccc(Cl)cc2)c1C. The van der Waals surface area contributed by atoms with Gasteiger partial charge in [-0.2, -0.15) is 0 Å². The molecule has 0 saturated heterocycles. The fourth-order valence-corrected chi connectivity index (χ4v) is 1.86. The number of Topliss-reactive ketones (excluding diaryl/α,β-unsaturated/α-hetero) is 1. The smallest absolute Gasteiger partial charge is 0.179 e. The van der Waals surface area contributed by atoms with E-state index in [2.05, 4.69) is 4.98 Å². The lowest BCUT2D eigenvalue weighted by molar-refractivity contribution is 0.101. The molecule has 0 spiro atoms. The molecular weight excluding hydrogens is 236 g/mol. The first-order chi connectivity index (χ1) is 8.08. The van der Waals surface area contributed by atoms with E-state index >= 15 is 0 Å². The summed E-state index contributed by atoms with van der Waals surface area (Å²) in [6, 6.07) is 7.65. The summed E-state index contributed by atoms with van der Waals surface area (Å²) in [6.07, 6.45) is 1.70. The fourth-order valence-electron chi connectivity index (χ4n) is 1.74. The van der Waals surface area contributed by atoms with Gasteiger partial charge in [0, 0.05) is 24.2 Å². The van der Waals surface area contributed by atoms with Crippen LogP contribution in [0.15, 0.2) is 30.6 Å². The molecule has 0 radical (unpaired) electrons. The first-order valence-electron chi connectivity index (χ1n) is 5.35. The van der Waals surface area contributed by atoms with Crippen LogP contribution in [0.3, 0.4) is 0 Å². The molecule has 2 aromatic rings. The molecule has 0 saturated carbocycles. The molecule has 17 heavy (non-hydrogen) atoms. The Morgan fingerprint density at radius 3 is 2.53 bits per heavy atom. The lowest BCUT2D eigenvalue weighted by atomic mass is 10.2. The highest BCUT2D eigenvalue weighted by Crippen LogP contribution is 2.13. The third-order valence-corrected chi connectivity index (χ3v) is 2.95. The van der Waals surface area contributed by atoms with Crippen molar-refractivity contribution in [3.8, 4) is 0 Å². The van der Waals surface area contributed by atoms with Crippen molar-refractivity contribution < 1.29 is 4.79 Å². The van der Waals surface area contributed by atoms with Crippen LogP contribution in [0.25, 0.3) is 0 Å². The molecule has 1 heterocycles. The maximum Gasteiger partial charge on any atom is 0.179 e. The molecule has 4 heteroatoms. The van der Waals surface area contributed by atoms with E-state index in [4.69, 9.17) is 11.6 Å². The number of hydrogen-bond acceptors (Lipinski definition) is 2. The van der Waals surface area contributed by atoms with Gasteiger partial charge < -0.3 is 4.57 Å². The lowest BCUT2D eigenvalue weighted by Crippen LogP contribution is -2.02.